The normalized spacial score (nSPS) is 14.9. The fourth-order valence-corrected chi connectivity index (χ4v) is 3.02. The van der Waals surface area contributed by atoms with Crippen LogP contribution < -0.4 is 10.6 Å². The number of amides is 1. The van der Waals surface area contributed by atoms with Gasteiger partial charge in [-0.25, -0.2) is 9.78 Å². The molecule has 0 saturated carbocycles. The average molecular weight is 514 g/mol. The fourth-order valence-electron chi connectivity index (χ4n) is 3.02. The molecule has 0 bridgehead atoms. The van der Waals surface area contributed by atoms with Gasteiger partial charge in [0.15, 0.2) is 5.96 Å². The highest BCUT2D eigenvalue weighted by atomic mass is 127. The second-order valence-electron chi connectivity index (χ2n) is 8.03. The summed E-state index contributed by atoms with van der Waals surface area (Å²) < 4.78 is 5.37. The van der Waals surface area contributed by atoms with Crippen LogP contribution in [0.2, 0.25) is 0 Å². The Morgan fingerprint density at radius 3 is 2.72 bits per heavy atom. The Hall–Kier alpha value is -2.04. The predicted octanol–water partition coefficient (Wildman–Crippen LogP) is 2.90. The first-order valence-electron chi connectivity index (χ1n) is 9.73. The Labute approximate surface area is 188 Å². The SMILES string of the molecule is CN=C(NCCCc1nc2ccccc2[nH]1)NC1CN(C(=O)OC(C)(C)C)C1.I. The third-order valence-electron chi connectivity index (χ3n) is 4.42. The van der Waals surface area contributed by atoms with Crippen molar-refractivity contribution in [1.29, 1.82) is 0 Å². The van der Waals surface area contributed by atoms with Gasteiger partial charge in [-0.15, -0.1) is 24.0 Å². The molecule has 1 fully saturated rings. The number of fused-ring (bicyclic) bond motifs is 1. The number of aromatic amines is 1. The number of nitrogens with zero attached hydrogens (tertiary/aromatic N) is 3. The fraction of sp³-hybridized carbons (Fsp3) is 0.550. The summed E-state index contributed by atoms with van der Waals surface area (Å²) >= 11 is 0. The van der Waals surface area contributed by atoms with E-state index < -0.39 is 5.60 Å². The molecule has 1 saturated heterocycles. The molecular weight excluding hydrogens is 483 g/mol. The largest absolute Gasteiger partial charge is 0.444 e. The Morgan fingerprint density at radius 2 is 2.07 bits per heavy atom. The highest BCUT2D eigenvalue weighted by molar-refractivity contribution is 14.0. The summed E-state index contributed by atoms with van der Waals surface area (Å²) in [6.45, 7) is 7.65. The Bertz CT molecular complexity index is 806. The van der Waals surface area contributed by atoms with Crippen LogP contribution in [0.5, 0.6) is 0 Å². The van der Waals surface area contributed by atoms with Gasteiger partial charge in [-0.1, -0.05) is 12.1 Å². The third-order valence-corrected chi connectivity index (χ3v) is 4.42. The smallest absolute Gasteiger partial charge is 0.410 e. The Balaban J connectivity index is 0.00000300. The summed E-state index contributed by atoms with van der Waals surface area (Å²) in [5.74, 6) is 1.75. The maximum absolute atomic E-state index is 12.0. The van der Waals surface area contributed by atoms with E-state index in [1.54, 1.807) is 11.9 Å². The maximum Gasteiger partial charge on any atom is 0.410 e. The second-order valence-corrected chi connectivity index (χ2v) is 8.03. The van der Waals surface area contributed by atoms with Gasteiger partial charge < -0.3 is 25.3 Å². The minimum atomic E-state index is -0.465. The lowest BCUT2D eigenvalue weighted by molar-refractivity contribution is 0.00701. The number of guanidine groups is 1. The van der Waals surface area contributed by atoms with Gasteiger partial charge in [-0.05, 0) is 39.3 Å². The van der Waals surface area contributed by atoms with Crippen LogP contribution in [-0.4, -0.2) is 65.2 Å². The molecule has 1 aliphatic heterocycles. The van der Waals surface area contributed by atoms with Gasteiger partial charge in [0.25, 0.3) is 0 Å². The first-order valence-corrected chi connectivity index (χ1v) is 9.73. The zero-order valence-electron chi connectivity index (χ0n) is 17.5. The lowest BCUT2D eigenvalue weighted by Gasteiger charge is -2.40. The maximum atomic E-state index is 12.0. The molecule has 0 radical (unpaired) electrons. The summed E-state index contributed by atoms with van der Waals surface area (Å²) in [6.07, 6.45) is 1.54. The van der Waals surface area contributed by atoms with E-state index in [2.05, 4.69) is 25.6 Å². The lowest BCUT2D eigenvalue weighted by Crippen LogP contribution is -2.63. The van der Waals surface area contributed by atoms with E-state index in [0.29, 0.717) is 13.1 Å². The molecule has 1 aromatic carbocycles. The van der Waals surface area contributed by atoms with E-state index in [1.807, 2.05) is 45.0 Å². The van der Waals surface area contributed by atoms with Gasteiger partial charge in [-0.3, -0.25) is 4.99 Å². The number of carbonyl (C=O) groups is 1. The first kappa shape index (κ1) is 23.2. The van der Waals surface area contributed by atoms with Crippen LogP contribution in [0, 0.1) is 0 Å². The number of H-pyrrole nitrogens is 1. The quantitative estimate of drug-likeness (QED) is 0.247. The molecule has 2 heterocycles. The van der Waals surface area contributed by atoms with Crippen LogP contribution in [0.25, 0.3) is 11.0 Å². The van der Waals surface area contributed by atoms with Crippen molar-refractivity contribution in [3.63, 3.8) is 0 Å². The molecule has 29 heavy (non-hydrogen) atoms. The number of aromatic nitrogens is 2. The molecule has 3 rings (SSSR count). The number of rotatable bonds is 5. The molecule has 9 heteroatoms. The number of carbonyl (C=O) groups excluding carboxylic acids is 1. The molecule has 2 aromatic rings. The highest BCUT2D eigenvalue weighted by Gasteiger charge is 2.34. The molecule has 0 spiro atoms. The molecule has 0 aliphatic carbocycles. The van der Waals surface area contributed by atoms with E-state index in [4.69, 9.17) is 4.74 Å². The van der Waals surface area contributed by atoms with Crippen molar-refractivity contribution >= 4 is 47.1 Å². The molecular formula is C20H31IN6O2. The number of nitrogens with one attached hydrogen (secondary N) is 3. The molecule has 3 N–H and O–H groups in total. The number of benzene rings is 1. The number of halogens is 1. The van der Waals surface area contributed by atoms with Crippen molar-refractivity contribution in [2.75, 3.05) is 26.7 Å². The van der Waals surface area contributed by atoms with Crippen molar-refractivity contribution in [3.8, 4) is 0 Å². The van der Waals surface area contributed by atoms with E-state index in [1.165, 1.54) is 0 Å². The standard InChI is InChI=1S/C20H30N6O2.HI/c1-20(2,3)28-19(27)26-12-14(13-26)23-18(21-4)22-11-7-10-17-24-15-8-5-6-9-16(15)25-17;/h5-6,8-9,14H,7,10-13H2,1-4H3,(H,24,25)(H2,21,22,23);1H. The summed E-state index contributed by atoms with van der Waals surface area (Å²) in [5.41, 5.74) is 1.61. The summed E-state index contributed by atoms with van der Waals surface area (Å²) in [5, 5.41) is 6.65. The van der Waals surface area contributed by atoms with Gasteiger partial charge in [0, 0.05) is 33.1 Å². The zero-order chi connectivity index (χ0) is 20.1. The lowest BCUT2D eigenvalue weighted by atomic mass is 10.1. The van der Waals surface area contributed by atoms with Crippen molar-refractivity contribution < 1.29 is 9.53 Å². The minimum absolute atomic E-state index is 0. The van der Waals surface area contributed by atoms with Crippen LogP contribution >= 0.6 is 24.0 Å². The minimum Gasteiger partial charge on any atom is -0.444 e. The molecule has 1 aromatic heterocycles. The van der Waals surface area contributed by atoms with Gasteiger partial charge in [-0.2, -0.15) is 0 Å². The number of likely N-dealkylation sites (tertiary alicyclic amines) is 1. The summed E-state index contributed by atoms with van der Waals surface area (Å²) in [7, 11) is 1.75. The Morgan fingerprint density at radius 1 is 1.34 bits per heavy atom. The Kier molecular flexibility index (Phi) is 8.12. The predicted molar refractivity (Wildman–Crippen MR) is 126 cm³/mol. The number of aryl methyl sites for hydroxylation is 1. The van der Waals surface area contributed by atoms with E-state index in [0.717, 1.165) is 42.2 Å². The van der Waals surface area contributed by atoms with Crippen molar-refractivity contribution in [2.24, 2.45) is 4.99 Å². The van der Waals surface area contributed by atoms with E-state index >= 15 is 0 Å². The molecule has 8 nitrogen and oxygen atoms in total. The van der Waals surface area contributed by atoms with Crippen LogP contribution in [0.3, 0.4) is 0 Å². The van der Waals surface area contributed by atoms with Crippen molar-refractivity contribution in [3.05, 3.63) is 30.1 Å². The topological polar surface area (TPSA) is 94.6 Å². The zero-order valence-corrected chi connectivity index (χ0v) is 19.8. The molecule has 0 atom stereocenters. The van der Waals surface area contributed by atoms with Crippen molar-refractivity contribution in [2.45, 2.75) is 45.3 Å². The first-order chi connectivity index (χ1) is 13.3. The number of imidazole rings is 1. The molecule has 160 valence electrons. The molecule has 1 amide bonds. The van der Waals surface area contributed by atoms with Gasteiger partial charge in [0.2, 0.25) is 0 Å². The van der Waals surface area contributed by atoms with E-state index in [-0.39, 0.29) is 36.1 Å². The number of ether oxygens (including phenoxy) is 1. The second kappa shape index (κ2) is 10.1. The summed E-state index contributed by atoms with van der Waals surface area (Å²) in [4.78, 5) is 25.9. The molecule has 1 aliphatic rings. The monoisotopic (exact) mass is 514 g/mol. The number of hydrogen-bond acceptors (Lipinski definition) is 4. The average Bonchev–Trinajstić information content (AvgIpc) is 3.00. The van der Waals surface area contributed by atoms with Gasteiger partial charge >= 0.3 is 6.09 Å². The van der Waals surface area contributed by atoms with Crippen LogP contribution in [0.1, 0.15) is 33.0 Å². The highest BCUT2D eigenvalue weighted by Crippen LogP contribution is 2.15. The van der Waals surface area contributed by atoms with Crippen molar-refractivity contribution in [1.82, 2.24) is 25.5 Å². The van der Waals surface area contributed by atoms with E-state index in [9.17, 15) is 4.79 Å². The summed E-state index contributed by atoms with van der Waals surface area (Å²) in [6, 6.07) is 8.24. The third kappa shape index (κ3) is 6.76. The number of hydrogen-bond donors (Lipinski definition) is 3. The van der Waals surface area contributed by atoms with Gasteiger partial charge in [0.1, 0.15) is 11.4 Å². The molecule has 0 unspecified atom stereocenters. The van der Waals surface area contributed by atoms with Crippen LogP contribution in [-0.2, 0) is 11.2 Å². The van der Waals surface area contributed by atoms with Crippen LogP contribution in [0.4, 0.5) is 4.79 Å². The van der Waals surface area contributed by atoms with Crippen LogP contribution in [0.15, 0.2) is 29.3 Å². The number of para-hydroxylation sites is 2. The van der Waals surface area contributed by atoms with Gasteiger partial charge in [0.05, 0.1) is 17.1 Å². The number of aliphatic imine (C=N–C) groups is 1.